The van der Waals surface area contributed by atoms with Crippen LogP contribution in [-0.2, 0) is 0 Å². The quantitative estimate of drug-likeness (QED) is 0.768. The largest absolute Gasteiger partial charge is 0.444 e. The van der Waals surface area contributed by atoms with Gasteiger partial charge >= 0.3 is 0 Å². The van der Waals surface area contributed by atoms with Crippen LogP contribution in [0.15, 0.2) is 34.9 Å². The molecule has 0 amide bonds. The Labute approximate surface area is 103 Å². The molecule has 0 fully saturated rings. The van der Waals surface area contributed by atoms with Crippen molar-refractivity contribution in [3.63, 3.8) is 0 Å². The molecule has 1 aromatic heterocycles. The first-order valence-electron chi connectivity index (χ1n) is 6.23. The fourth-order valence-corrected chi connectivity index (χ4v) is 2.06. The maximum absolute atomic E-state index is 5.43. The van der Waals surface area contributed by atoms with E-state index in [2.05, 4.69) is 37.0 Å². The molecule has 1 unspecified atom stereocenters. The maximum Gasteiger partial charge on any atom is 0.226 e. The van der Waals surface area contributed by atoms with Crippen molar-refractivity contribution in [2.24, 2.45) is 0 Å². The van der Waals surface area contributed by atoms with E-state index in [1.165, 1.54) is 18.4 Å². The molecule has 0 aliphatic heterocycles. The summed E-state index contributed by atoms with van der Waals surface area (Å²) in [5.41, 5.74) is 3.35. The number of oxazole rings is 1. The maximum atomic E-state index is 5.43. The van der Waals surface area contributed by atoms with Gasteiger partial charge in [0.15, 0.2) is 0 Å². The molecule has 0 radical (unpaired) electrons. The summed E-state index contributed by atoms with van der Waals surface area (Å²) in [5, 5.41) is 0. The van der Waals surface area contributed by atoms with E-state index < -0.39 is 0 Å². The lowest BCUT2D eigenvalue weighted by Crippen LogP contribution is -1.93. The van der Waals surface area contributed by atoms with Gasteiger partial charge in [0.1, 0.15) is 6.26 Å². The third-order valence-electron chi connectivity index (χ3n) is 3.04. The summed E-state index contributed by atoms with van der Waals surface area (Å²) < 4.78 is 5.43. The molecule has 17 heavy (non-hydrogen) atoms. The summed E-state index contributed by atoms with van der Waals surface area (Å²) in [6.07, 6.45) is 4.12. The molecule has 0 N–H and O–H groups in total. The van der Waals surface area contributed by atoms with Gasteiger partial charge in [-0.1, -0.05) is 32.4 Å². The lowest BCUT2D eigenvalue weighted by molar-refractivity contribution is 0.573. The second-order valence-corrected chi connectivity index (χ2v) is 4.61. The topological polar surface area (TPSA) is 26.0 Å². The van der Waals surface area contributed by atoms with Gasteiger partial charge in [-0.3, -0.25) is 0 Å². The number of aromatic nitrogens is 1. The van der Waals surface area contributed by atoms with E-state index in [1.54, 1.807) is 6.26 Å². The molecule has 0 saturated carbocycles. The summed E-state index contributed by atoms with van der Waals surface area (Å²) in [4.78, 5) is 4.36. The molecule has 2 nitrogen and oxygen atoms in total. The third-order valence-corrected chi connectivity index (χ3v) is 3.04. The van der Waals surface area contributed by atoms with Crippen LogP contribution in [0.4, 0.5) is 0 Å². The van der Waals surface area contributed by atoms with Crippen LogP contribution in [0.1, 0.15) is 43.9 Å². The molecule has 1 atom stereocenters. The van der Waals surface area contributed by atoms with Crippen LogP contribution in [0.5, 0.6) is 0 Å². The predicted octanol–water partition coefficient (Wildman–Crippen LogP) is 4.55. The molecule has 0 aliphatic carbocycles. The highest BCUT2D eigenvalue weighted by Gasteiger charge is 2.08. The molecule has 2 aromatic rings. The molecule has 1 heterocycles. The Bertz CT molecular complexity index is 487. The number of hydrogen-bond acceptors (Lipinski definition) is 2. The van der Waals surface area contributed by atoms with Crippen molar-refractivity contribution in [2.45, 2.75) is 39.5 Å². The molecule has 2 heteroatoms. The Kier molecular flexibility index (Phi) is 3.62. The number of rotatable bonds is 4. The first kappa shape index (κ1) is 11.9. The Morgan fingerprint density at radius 3 is 2.82 bits per heavy atom. The highest BCUT2D eigenvalue weighted by Crippen LogP contribution is 2.25. The van der Waals surface area contributed by atoms with Gasteiger partial charge < -0.3 is 4.42 Å². The van der Waals surface area contributed by atoms with E-state index in [1.807, 2.05) is 13.0 Å². The molecule has 0 saturated heterocycles. The molecule has 0 bridgehead atoms. The van der Waals surface area contributed by atoms with E-state index in [9.17, 15) is 0 Å². The zero-order chi connectivity index (χ0) is 12.3. The van der Waals surface area contributed by atoms with Crippen LogP contribution in [0.2, 0.25) is 0 Å². The van der Waals surface area contributed by atoms with Gasteiger partial charge in [-0.25, -0.2) is 4.98 Å². The van der Waals surface area contributed by atoms with Crippen LogP contribution in [0.25, 0.3) is 11.5 Å². The number of nitrogens with zero attached hydrogens (tertiary/aromatic N) is 1. The Morgan fingerprint density at radius 2 is 2.18 bits per heavy atom. The first-order valence-corrected chi connectivity index (χ1v) is 6.23. The molecule has 90 valence electrons. The SMILES string of the molecule is CCCC(C)c1cccc(-c2nc(C)co2)c1. The monoisotopic (exact) mass is 229 g/mol. The van der Waals surface area contributed by atoms with Gasteiger partial charge in [0.05, 0.1) is 5.69 Å². The van der Waals surface area contributed by atoms with Gasteiger partial charge in [-0.2, -0.15) is 0 Å². The Hall–Kier alpha value is -1.57. The number of benzene rings is 1. The second-order valence-electron chi connectivity index (χ2n) is 4.61. The van der Waals surface area contributed by atoms with Crippen molar-refractivity contribution >= 4 is 0 Å². The predicted molar refractivity (Wildman–Crippen MR) is 70.0 cm³/mol. The molecule has 1 aromatic carbocycles. The minimum atomic E-state index is 0.594. The van der Waals surface area contributed by atoms with Crippen LogP contribution >= 0.6 is 0 Å². The van der Waals surface area contributed by atoms with E-state index >= 15 is 0 Å². The lowest BCUT2D eigenvalue weighted by Gasteiger charge is -2.10. The van der Waals surface area contributed by atoms with Crippen molar-refractivity contribution < 1.29 is 4.42 Å². The van der Waals surface area contributed by atoms with E-state index in [-0.39, 0.29) is 0 Å². The van der Waals surface area contributed by atoms with Crippen molar-refractivity contribution in [3.8, 4) is 11.5 Å². The van der Waals surface area contributed by atoms with Gasteiger partial charge in [0, 0.05) is 5.56 Å². The zero-order valence-electron chi connectivity index (χ0n) is 10.7. The van der Waals surface area contributed by atoms with E-state index in [4.69, 9.17) is 4.42 Å². The summed E-state index contributed by atoms with van der Waals surface area (Å²) in [6.45, 7) is 6.43. The van der Waals surface area contributed by atoms with Crippen LogP contribution in [0, 0.1) is 6.92 Å². The van der Waals surface area contributed by atoms with Gasteiger partial charge in [-0.15, -0.1) is 0 Å². The highest BCUT2D eigenvalue weighted by molar-refractivity contribution is 5.54. The Morgan fingerprint density at radius 1 is 1.35 bits per heavy atom. The number of aryl methyl sites for hydroxylation is 1. The minimum Gasteiger partial charge on any atom is -0.444 e. The summed E-state index contributed by atoms with van der Waals surface area (Å²) in [6, 6.07) is 8.50. The average molecular weight is 229 g/mol. The Balaban J connectivity index is 2.28. The highest BCUT2D eigenvalue weighted by atomic mass is 16.3. The smallest absolute Gasteiger partial charge is 0.226 e. The summed E-state index contributed by atoms with van der Waals surface area (Å²) in [7, 11) is 0. The van der Waals surface area contributed by atoms with E-state index in [0.717, 1.165) is 11.3 Å². The molecule has 2 rings (SSSR count). The molecular weight excluding hydrogens is 210 g/mol. The normalized spacial score (nSPS) is 12.6. The molecule has 0 aliphatic rings. The second kappa shape index (κ2) is 5.17. The fraction of sp³-hybridized carbons (Fsp3) is 0.400. The molecule has 0 spiro atoms. The van der Waals surface area contributed by atoms with Crippen LogP contribution < -0.4 is 0 Å². The fourth-order valence-electron chi connectivity index (χ4n) is 2.06. The van der Waals surface area contributed by atoms with Gasteiger partial charge in [-0.05, 0) is 37.0 Å². The van der Waals surface area contributed by atoms with Crippen molar-refractivity contribution in [3.05, 3.63) is 41.8 Å². The number of hydrogen-bond donors (Lipinski definition) is 0. The minimum absolute atomic E-state index is 0.594. The van der Waals surface area contributed by atoms with Crippen molar-refractivity contribution in [1.82, 2.24) is 4.98 Å². The zero-order valence-corrected chi connectivity index (χ0v) is 10.7. The van der Waals surface area contributed by atoms with Crippen LogP contribution in [-0.4, -0.2) is 4.98 Å². The van der Waals surface area contributed by atoms with Crippen LogP contribution in [0.3, 0.4) is 0 Å². The van der Waals surface area contributed by atoms with Gasteiger partial charge in [0.2, 0.25) is 5.89 Å². The third kappa shape index (κ3) is 2.76. The summed E-state index contributed by atoms with van der Waals surface area (Å²) in [5.74, 6) is 1.31. The summed E-state index contributed by atoms with van der Waals surface area (Å²) >= 11 is 0. The first-order chi connectivity index (χ1) is 8.20. The average Bonchev–Trinajstić information content (AvgIpc) is 2.76. The standard InChI is InChI=1S/C15H19NO/c1-4-6-11(2)13-7-5-8-14(9-13)15-16-12(3)10-17-15/h5,7-11H,4,6H2,1-3H3. The van der Waals surface area contributed by atoms with Crippen molar-refractivity contribution in [2.75, 3.05) is 0 Å². The molecular formula is C15H19NO. The van der Waals surface area contributed by atoms with Crippen molar-refractivity contribution in [1.29, 1.82) is 0 Å². The van der Waals surface area contributed by atoms with E-state index in [0.29, 0.717) is 11.8 Å². The lowest BCUT2D eigenvalue weighted by atomic mass is 9.95. The van der Waals surface area contributed by atoms with Gasteiger partial charge in [0.25, 0.3) is 0 Å².